The Hall–Kier alpha value is 0.616. The molecule has 0 aromatic heterocycles. The number of rotatable bonds is 2. The van der Waals surface area contributed by atoms with E-state index in [1.54, 1.807) is 0 Å². The third-order valence-electron chi connectivity index (χ3n) is 0.953. The van der Waals surface area contributed by atoms with Crippen molar-refractivity contribution < 1.29 is 56.2 Å². The number of benzene rings is 1. The van der Waals surface area contributed by atoms with Crippen molar-refractivity contribution in [2.45, 2.75) is 0 Å². The van der Waals surface area contributed by atoms with Crippen molar-refractivity contribution in [3.63, 3.8) is 0 Å². The summed E-state index contributed by atoms with van der Waals surface area (Å²) in [5, 5.41) is 0. The Kier molecular flexibility index (Phi) is 6.72. The van der Waals surface area contributed by atoms with E-state index >= 15 is 0 Å². The van der Waals surface area contributed by atoms with Crippen molar-refractivity contribution in [1.82, 2.24) is 0 Å². The van der Waals surface area contributed by atoms with Crippen molar-refractivity contribution in [2.75, 3.05) is 7.11 Å². The van der Waals surface area contributed by atoms with E-state index in [4.69, 9.17) is 0 Å². The van der Waals surface area contributed by atoms with E-state index in [1.807, 2.05) is 30.3 Å². The molecule has 0 heterocycles. The zero-order valence-electron chi connectivity index (χ0n) is 6.24. The van der Waals surface area contributed by atoms with Gasteiger partial charge in [0.2, 0.25) is 0 Å². The van der Waals surface area contributed by atoms with Crippen molar-refractivity contribution >= 4 is 5.69 Å². The minimum atomic E-state index is 0. The predicted molar refractivity (Wildman–Crippen MR) is 36.5 cm³/mol. The first kappa shape index (κ1) is 10.6. The molecule has 0 saturated heterocycles. The topological polar surface area (TPSA) is 23.3 Å². The van der Waals surface area contributed by atoms with Crippen LogP contribution in [0.4, 0.5) is 5.69 Å². The first-order valence-electron chi connectivity index (χ1n) is 2.73. The van der Waals surface area contributed by atoms with Crippen molar-refractivity contribution in [1.29, 1.82) is 0 Å². The van der Waals surface area contributed by atoms with Crippen LogP contribution < -0.4 is 51.4 Å². The summed E-state index contributed by atoms with van der Waals surface area (Å²) < 4.78 is 0. The van der Waals surface area contributed by atoms with E-state index in [2.05, 4.69) is 10.3 Å². The van der Waals surface area contributed by atoms with Gasteiger partial charge in [0, 0.05) is 7.11 Å². The van der Waals surface area contributed by atoms with Gasteiger partial charge in [0.15, 0.2) is 0 Å². The molecule has 0 saturated carbocycles. The van der Waals surface area contributed by atoms with Gasteiger partial charge in [-0.3, -0.25) is 0 Å². The summed E-state index contributed by atoms with van der Waals surface area (Å²) in [5.74, 6) is 0. The fraction of sp³-hybridized carbons (Fsp3) is 0.143. The molecule has 0 fully saturated rings. The van der Waals surface area contributed by atoms with Crippen LogP contribution in [0.1, 0.15) is 0 Å². The minimum Gasteiger partial charge on any atom is -0.562 e. The van der Waals surface area contributed by atoms with Crippen LogP contribution in [0.3, 0.4) is 0 Å². The van der Waals surface area contributed by atoms with Gasteiger partial charge in [0.05, 0.1) is 0 Å². The molecule has 0 aliphatic rings. The Morgan fingerprint density at radius 3 is 2.30 bits per heavy atom. The number of hydrogen-bond donors (Lipinski definition) is 0. The van der Waals surface area contributed by atoms with Crippen molar-refractivity contribution in [3.05, 3.63) is 35.8 Å². The number of nitrogens with zero attached hydrogens (tertiary/aromatic N) is 1. The van der Waals surface area contributed by atoms with E-state index in [-0.39, 0.29) is 51.4 Å². The van der Waals surface area contributed by atoms with E-state index < -0.39 is 0 Å². The Morgan fingerprint density at radius 1 is 1.20 bits per heavy atom. The van der Waals surface area contributed by atoms with Gasteiger partial charge in [-0.25, -0.2) is 0 Å². The summed E-state index contributed by atoms with van der Waals surface area (Å²) in [6.45, 7) is 0. The second kappa shape index (κ2) is 6.33. The molecule has 48 valence electrons. The summed E-state index contributed by atoms with van der Waals surface area (Å²) >= 11 is 0. The van der Waals surface area contributed by atoms with Crippen LogP contribution in [0.5, 0.6) is 0 Å². The second-order valence-corrected chi connectivity index (χ2v) is 1.61. The summed E-state index contributed by atoms with van der Waals surface area (Å²) in [5.41, 5.74) is 4.55. The first-order chi connectivity index (χ1) is 4.43. The molecule has 1 aromatic carbocycles. The number of hydrogen-bond acceptors (Lipinski definition) is 1. The Labute approximate surface area is 103 Å². The maximum atomic E-state index is 4.55. The molecule has 10 heavy (non-hydrogen) atoms. The van der Waals surface area contributed by atoms with Gasteiger partial charge in [-0.15, -0.1) is 5.69 Å². The van der Waals surface area contributed by atoms with Gasteiger partial charge in [-0.2, -0.15) is 0 Å². The van der Waals surface area contributed by atoms with Crippen molar-refractivity contribution in [3.8, 4) is 0 Å². The first-order valence-corrected chi connectivity index (χ1v) is 2.73. The summed E-state index contributed by atoms with van der Waals surface area (Å²) in [4.78, 5) is 4.55. The van der Waals surface area contributed by atoms with Crippen LogP contribution in [0.2, 0.25) is 0 Å². The van der Waals surface area contributed by atoms with Crippen LogP contribution in [-0.4, -0.2) is 7.11 Å². The third kappa shape index (κ3) is 3.70. The fourth-order valence-corrected chi connectivity index (χ4v) is 0.594. The minimum absolute atomic E-state index is 0. The average molecular weight is 161 g/mol. The van der Waals surface area contributed by atoms with Crippen LogP contribution >= 0.6 is 0 Å². The maximum absolute atomic E-state index is 4.55. The summed E-state index contributed by atoms with van der Waals surface area (Å²) in [6.07, 6.45) is 0. The Balaban J connectivity index is 0.000000810. The van der Waals surface area contributed by atoms with E-state index in [1.165, 1.54) is 7.11 Å². The quantitative estimate of drug-likeness (QED) is 0.414. The molecule has 1 rings (SSSR count). The summed E-state index contributed by atoms with van der Waals surface area (Å²) in [6, 6.07) is 9.53. The third-order valence-corrected chi connectivity index (χ3v) is 0.953. The van der Waals surface area contributed by atoms with E-state index in [0.717, 1.165) is 5.69 Å². The van der Waals surface area contributed by atoms with Gasteiger partial charge in [0.1, 0.15) is 0 Å². The molecule has 0 bridgehead atoms. The zero-order valence-corrected chi connectivity index (χ0v) is 9.37. The Morgan fingerprint density at radius 2 is 1.80 bits per heavy atom. The van der Waals surface area contributed by atoms with Gasteiger partial charge < -0.3 is 10.3 Å². The predicted octanol–water partition coefficient (Wildman–Crippen LogP) is -0.743. The molecule has 0 unspecified atom stereocenters. The van der Waals surface area contributed by atoms with E-state index in [9.17, 15) is 0 Å². The zero-order chi connectivity index (χ0) is 6.53. The summed E-state index contributed by atoms with van der Waals surface area (Å²) in [7, 11) is 1.53. The molecule has 3 heteroatoms. The largest absolute Gasteiger partial charge is 1.00 e. The standard InChI is InChI=1S/C7H8NO.K/c1-9-8-7-5-3-2-4-6-7;/h2-6H,1H3;/q-1;+1. The van der Waals surface area contributed by atoms with Crippen LogP contribution in [0.15, 0.2) is 30.3 Å². The monoisotopic (exact) mass is 161 g/mol. The molecule has 0 spiro atoms. The van der Waals surface area contributed by atoms with Crippen molar-refractivity contribution in [2.24, 2.45) is 0 Å². The average Bonchev–Trinajstić information content (AvgIpc) is 1.91. The van der Waals surface area contributed by atoms with Crippen LogP contribution in [0.25, 0.3) is 5.48 Å². The Bertz CT molecular complexity index is 167. The van der Waals surface area contributed by atoms with Gasteiger partial charge in [-0.05, 0) is 0 Å². The van der Waals surface area contributed by atoms with E-state index in [0.29, 0.717) is 0 Å². The molecule has 0 aliphatic heterocycles. The molecule has 0 atom stereocenters. The normalized spacial score (nSPS) is 8.10. The molecular weight excluding hydrogens is 153 g/mol. The molecule has 1 aromatic rings. The van der Waals surface area contributed by atoms with Gasteiger partial charge in [0.25, 0.3) is 0 Å². The molecule has 0 amide bonds. The molecule has 0 radical (unpaired) electrons. The molecule has 0 aliphatic carbocycles. The molecule has 2 nitrogen and oxygen atoms in total. The second-order valence-electron chi connectivity index (χ2n) is 1.61. The SMILES string of the molecule is CO[N-]c1ccccc1.[K+]. The van der Waals surface area contributed by atoms with Crippen LogP contribution in [-0.2, 0) is 4.84 Å². The van der Waals surface area contributed by atoms with Crippen LogP contribution in [0, 0.1) is 0 Å². The smallest absolute Gasteiger partial charge is 0.562 e. The fourth-order valence-electron chi connectivity index (χ4n) is 0.594. The molecular formula is C7H8KNO. The molecule has 0 N–H and O–H groups in total. The maximum Gasteiger partial charge on any atom is 1.00 e. The van der Waals surface area contributed by atoms with Gasteiger partial charge in [-0.1, -0.05) is 30.3 Å². The van der Waals surface area contributed by atoms with Gasteiger partial charge >= 0.3 is 51.4 Å².